The van der Waals surface area contributed by atoms with E-state index in [1.54, 1.807) is 11.3 Å². The summed E-state index contributed by atoms with van der Waals surface area (Å²) in [7, 11) is 0. The van der Waals surface area contributed by atoms with Crippen molar-refractivity contribution in [2.45, 2.75) is 13.3 Å². The van der Waals surface area contributed by atoms with E-state index in [0.717, 1.165) is 35.2 Å². The molecule has 0 atom stereocenters. The fourth-order valence-electron chi connectivity index (χ4n) is 2.89. The van der Waals surface area contributed by atoms with Crippen LogP contribution >= 0.6 is 11.3 Å². The summed E-state index contributed by atoms with van der Waals surface area (Å²) in [6, 6.07) is 14.2. The standard InChI is InChI=1S/C20H20N6S/c1-13-7-8-15-16(25-13)5-2-6-17(15)26-20-18(21)19(23-12-24-20)22-10-9-14-4-3-11-27-14/h2-8,11-12H,9-10,21H2,1H3,(H2,22,23,24,26). The largest absolute Gasteiger partial charge is 0.393 e. The van der Waals surface area contributed by atoms with Crippen LogP contribution in [0, 0.1) is 6.92 Å². The van der Waals surface area contributed by atoms with Gasteiger partial charge in [0.2, 0.25) is 0 Å². The molecule has 3 heterocycles. The fraction of sp³-hybridized carbons (Fsp3) is 0.150. The number of benzene rings is 1. The molecular weight excluding hydrogens is 356 g/mol. The number of rotatable bonds is 6. The Labute approximate surface area is 161 Å². The molecule has 4 N–H and O–H groups in total. The minimum Gasteiger partial charge on any atom is -0.393 e. The van der Waals surface area contributed by atoms with Gasteiger partial charge in [0.05, 0.1) is 5.52 Å². The maximum atomic E-state index is 6.30. The van der Waals surface area contributed by atoms with Crippen LogP contribution in [0.5, 0.6) is 0 Å². The fourth-order valence-corrected chi connectivity index (χ4v) is 3.60. The van der Waals surface area contributed by atoms with Gasteiger partial charge < -0.3 is 16.4 Å². The summed E-state index contributed by atoms with van der Waals surface area (Å²) in [5.41, 5.74) is 9.63. The zero-order valence-corrected chi connectivity index (χ0v) is 15.8. The molecule has 0 aliphatic heterocycles. The lowest BCUT2D eigenvalue weighted by molar-refractivity contribution is 1.02. The van der Waals surface area contributed by atoms with Crippen molar-refractivity contribution in [3.05, 3.63) is 64.7 Å². The molecule has 0 amide bonds. The zero-order valence-electron chi connectivity index (χ0n) is 14.9. The first-order valence-electron chi connectivity index (χ1n) is 8.71. The second-order valence-electron chi connectivity index (χ2n) is 6.19. The monoisotopic (exact) mass is 376 g/mol. The molecule has 4 rings (SSSR count). The van der Waals surface area contributed by atoms with Crippen molar-refractivity contribution in [3.63, 3.8) is 0 Å². The normalized spacial score (nSPS) is 10.9. The van der Waals surface area contributed by atoms with Crippen molar-refractivity contribution in [1.29, 1.82) is 0 Å². The third-order valence-corrected chi connectivity index (χ3v) is 5.19. The van der Waals surface area contributed by atoms with Crippen LogP contribution in [0.4, 0.5) is 23.0 Å². The van der Waals surface area contributed by atoms with Gasteiger partial charge >= 0.3 is 0 Å². The maximum Gasteiger partial charge on any atom is 0.159 e. The Balaban J connectivity index is 1.54. The number of anilines is 4. The summed E-state index contributed by atoms with van der Waals surface area (Å²) in [5, 5.41) is 9.73. The van der Waals surface area contributed by atoms with Gasteiger partial charge in [0.15, 0.2) is 11.6 Å². The number of pyridine rings is 1. The number of aromatic nitrogens is 3. The molecule has 0 aliphatic rings. The van der Waals surface area contributed by atoms with Crippen molar-refractivity contribution in [1.82, 2.24) is 15.0 Å². The van der Waals surface area contributed by atoms with E-state index in [2.05, 4.69) is 49.2 Å². The quantitative estimate of drug-likeness (QED) is 0.463. The average Bonchev–Trinajstić information content (AvgIpc) is 3.18. The van der Waals surface area contributed by atoms with Crippen LogP contribution in [0.15, 0.2) is 54.2 Å². The van der Waals surface area contributed by atoms with Crippen molar-refractivity contribution < 1.29 is 0 Å². The van der Waals surface area contributed by atoms with Gasteiger partial charge in [0.25, 0.3) is 0 Å². The summed E-state index contributed by atoms with van der Waals surface area (Å²) >= 11 is 1.75. The van der Waals surface area contributed by atoms with Gasteiger partial charge in [-0.15, -0.1) is 11.3 Å². The van der Waals surface area contributed by atoms with E-state index in [0.29, 0.717) is 17.3 Å². The first-order valence-corrected chi connectivity index (χ1v) is 9.59. The molecule has 1 aromatic carbocycles. The van der Waals surface area contributed by atoms with Gasteiger partial charge in [-0.05, 0) is 49.1 Å². The number of nitrogen functional groups attached to an aromatic ring is 1. The number of aryl methyl sites for hydroxylation is 1. The van der Waals surface area contributed by atoms with Crippen molar-refractivity contribution in [2.75, 3.05) is 22.9 Å². The highest BCUT2D eigenvalue weighted by molar-refractivity contribution is 7.09. The molecule has 6 nitrogen and oxygen atoms in total. The second kappa shape index (κ2) is 7.59. The lowest BCUT2D eigenvalue weighted by Gasteiger charge is -2.13. The highest BCUT2D eigenvalue weighted by Gasteiger charge is 2.10. The van der Waals surface area contributed by atoms with E-state index in [4.69, 9.17) is 5.73 Å². The number of fused-ring (bicyclic) bond motifs is 1. The SMILES string of the molecule is Cc1ccc2c(Nc3ncnc(NCCc4cccs4)c3N)cccc2n1. The van der Waals surface area contributed by atoms with Crippen LogP contribution in [-0.4, -0.2) is 21.5 Å². The number of thiophene rings is 1. The molecule has 0 saturated heterocycles. The Bertz CT molecular complexity index is 1060. The van der Waals surface area contributed by atoms with E-state index in [1.807, 2.05) is 31.2 Å². The molecule has 0 aliphatic carbocycles. The predicted octanol–water partition coefficient (Wildman–Crippen LogP) is 4.38. The Morgan fingerprint density at radius 3 is 2.78 bits per heavy atom. The lowest BCUT2D eigenvalue weighted by Crippen LogP contribution is -2.10. The molecule has 136 valence electrons. The molecule has 0 radical (unpaired) electrons. The van der Waals surface area contributed by atoms with Crippen LogP contribution in [0.3, 0.4) is 0 Å². The Hall–Kier alpha value is -3.19. The van der Waals surface area contributed by atoms with Crippen molar-refractivity contribution in [2.24, 2.45) is 0 Å². The van der Waals surface area contributed by atoms with Crippen molar-refractivity contribution >= 4 is 45.3 Å². The number of nitrogens with zero attached hydrogens (tertiary/aromatic N) is 3. The van der Waals surface area contributed by atoms with Gasteiger partial charge in [-0.3, -0.25) is 4.98 Å². The molecule has 4 aromatic rings. The number of nitrogens with one attached hydrogen (secondary N) is 2. The summed E-state index contributed by atoms with van der Waals surface area (Å²) in [4.78, 5) is 14.5. The lowest BCUT2D eigenvalue weighted by atomic mass is 10.1. The maximum absolute atomic E-state index is 6.30. The van der Waals surface area contributed by atoms with Gasteiger partial charge in [0, 0.05) is 28.2 Å². The second-order valence-corrected chi connectivity index (χ2v) is 7.22. The summed E-state index contributed by atoms with van der Waals surface area (Å²) in [5.74, 6) is 1.22. The summed E-state index contributed by atoms with van der Waals surface area (Å²) in [6.07, 6.45) is 2.44. The van der Waals surface area contributed by atoms with Crippen LogP contribution in [0.2, 0.25) is 0 Å². The molecule has 0 saturated carbocycles. The number of nitrogens with two attached hydrogens (primary N) is 1. The average molecular weight is 376 g/mol. The molecule has 27 heavy (non-hydrogen) atoms. The van der Waals surface area contributed by atoms with Crippen LogP contribution in [0.25, 0.3) is 10.9 Å². The summed E-state index contributed by atoms with van der Waals surface area (Å²) in [6.45, 7) is 2.74. The molecule has 0 unspecified atom stereocenters. The minimum atomic E-state index is 0.501. The first kappa shape index (κ1) is 17.2. The topological polar surface area (TPSA) is 88.8 Å². The molecule has 0 spiro atoms. The minimum absolute atomic E-state index is 0.501. The van der Waals surface area contributed by atoms with Gasteiger partial charge in [0.1, 0.15) is 12.0 Å². The summed E-state index contributed by atoms with van der Waals surface area (Å²) < 4.78 is 0. The third-order valence-electron chi connectivity index (χ3n) is 4.25. The Morgan fingerprint density at radius 1 is 1.04 bits per heavy atom. The van der Waals surface area contributed by atoms with Gasteiger partial charge in [-0.2, -0.15) is 0 Å². The molecule has 0 fully saturated rings. The number of hydrogen-bond donors (Lipinski definition) is 3. The van der Waals surface area contributed by atoms with Crippen molar-refractivity contribution in [3.8, 4) is 0 Å². The van der Waals surface area contributed by atoms with Gasteiger partial charge in [-0.25, -0.2) is 9.97 Å². The van der Waals surface area contributed by atoms with E-state index >= 15 is 0 Å². The van der Waals surface area contributed by atoms with Crippen LogP contribution < -0.4 is 16.4 Å². The smallest absolute Gasteiger partial charge is 0.159 e. The van der Waals surface area contributed by atoms with E-state index < -0.39 is 0 Å². The zero-order chi connectivity index (χ0) is 18.6. The predicted molar refractivity (Wildman–Crippen MR) is 113 cm³/mol. The highest BCUT2D eigenvalue weighted by atomic mass is 32.1. The molecule has 0 bridgehead atoms. The Morgan fingerprint density at radius 2 is 1.93 bits per heavy atom. The van der Waals surface area contributed by atoms with Crippen LogP contribution in [-0.2, 0) is 6.42 Å². The van der Waals surface area contributed by atoms with E-state index in [9.17, 15) is 0 Å². The number of hydrogen-bond acceptors (Lipinski definition) is 7. The Kier molecular flexibility index (Phi) is 4.84. The molecular formula is C20H20N6S. The first-order chi connectivity index (χ1) is 13.2. The molecule has 3 aromatic heterocycles. The highest BCUT2D eigenvalue weighted by Crippen LogP contribution is 2.29. The van der Waals surface area contributed by atoms with Gasteiger partial charge in [-0.1, -0.05) is 12.1 Å². The molecule has 7 heteroatoms. The van der Waals surface area contributed by atoms with Crippen LogP contribution in [0.1, 0.15) is 10.6 Å². The third kappa shape index (κ3) is 3.83. The van der Waals surface area contributed by atoms with E-state index in [1.165, 1.54) is 11.2 Å². The van der Waals surface area contributed by atoms with E-state index in [-0.39, 0.29) is 0 Å².